The first-order valence-electron chi connectivity index (χ1n) is 8.17. The molecule has 2 unspecified atom stereocenters. The second-order valence-corrected chi connectivity index (χ2v) is 8.19. The van der Waals surface area contributed by atoms with Crippen molar-refractivity contribution in [3.63, 3.8) is 0 Å². The van der Waals surface area contributed by atoms with Crippen LogP contribution in [0.15, 0.2) is 46.2 Å². The highest BCUT2D eigenvalue weighted by atomic mass is 35.5. The zero-order valence-electron chi connectivity index (χ0n) is 14.7. The number of β-lactam (4-membered cyclic amide) rings is 1. The Morgan fingerprint density at radius 2 is 2.07 bits per heavy atom. The Morgan fingerprint density at radius 1 is 1.43 bits per heavy atom. The molecule has 1 aromatic rings. The highest BCUT2D eigenvalue weighted by Gasteiger charge is 2.57. The van der Waals surface area contributed by atoms with E-state index in [0.29, 0.717) is 0 Å². The second kappa shape index (κ2) is 8.06. The molecule has 2 aliphatic rings. The van der Waals surface area contributed by atoms with Gasteiger partial charge in [0.1, 0.15) is 16.9 Å². The number of fused-ring (bicyclic) bond motifs is 1. The highest BCUT2D eigenvalue weighted by Crippen LogP contribution is 2.43. The van der Waals surface area contributed by atoms with Crippen LogP contribution in [0.25, 0.3) is 0 Å². The van der Waals surface area contributed by atoms with Crippen molar-refractivity contribution in [3.8, 4) is 0 Å². The van der Waals surface area contributed by atoms with Gasteiger partial charge in [0.2, 0.25) is 5.91 Å². The minimum absolute atomic E-state index is 0.0452. The van der Waals surface area contributed by atoms with E-state index in [1.165, 1.54) is 18.7 Å². The lowest BCUT2D eigenvalue weighted by molar-refractivity contribution is -0.159. The van der Waals surface area contributed by atoms with Gasteiger partial charge in [0.05, 0.1) is 10.3 Å². The van der Waals surface area contributed by atoms with Crippen LogP contribution < -0.4 is 5.73 Å². The third-order valence-electron chi connectivity index (χ3n) is 4.30. The molecule has 11 heteroatoms. The predicted octanol–water partition coefficient (Wildman–Crippen LogP) is 1.60. The summed E-state index contributed by atoms with van der Waals surface area (Å²) in [6.45, 7) is 1.26. The van der Waals surface area contributed by atoms with E-state index in [9.17, 15) is 19.5 Å². The standard InChI is InChI=1S/C17H17ClN4O4S2/c1-8(23)22(20-14(19)13(27)9-5-3-2-4-6-9)12-15(24)21-11(17(25)26)10(18)7-28-16(12)21/h2-6,12-13,16,27H,7H2,1H3,(H2,19,20)(H,25,26)/t12?,13?,16-/m1/s1. The van der Waals surface area contributed by atoms with Crippen molar-refractivity contribution < 1.29 is 19.5 Å². The summed E-state index contributed by atoms with van der Waals surface area (Å²) in [6, 6.07) is 8.17. The summed E-state index contributed by atoms with van der Waals surface area (Å²) in [5.74, 6) is -2.09. The van der Waals surface area contributed by atoms with Crippen molar-refractivity contribution in [2.75, 3.05) is 5.75 Å². The molecule has 28 heavy (non-hydrogen) atoms. The van der Waals surface area contributed by atoms with Crippen LogP contribution in [0.3, 0.4) is 0 Å². The molecule has 1 aromatic carbocycles. The molecule has 2 aliphatic heterocycles. The molecule has 0 bridgehead atoms. The maximum absolute atomic E-state index is 12.7. The van der Waals surface area contributed by atoms with Gasteiger partial charge >= 0.3 is 5.97 Å². The molecule has 2 amide bonds. The molecule has 0 aliphatic carbocycles. The number of benzene rings is 1. The van der Waals surface area contributed by atoms with Crippen molar-refractivity contribution in [2.24, 2.45) is 10.8 Å². The molecule has 148 valence electrons. The maximum Gasteiger partial charge on any atom is 0.353 e. The molecule has 8 nitrogen and oxygen atoms in total. The van der Waals surface area contributed by atoms with E-state index >= 15 is 0 Å². The van der Waals surface area contributed by atoms with E-state index in [2.05, 4.69) is 17.7 Å². The van der Waals surface area contributed by atoms with Crippen molar-refractivity contribution >= 4 is 59.6 Å². The first-order valence-corrected chi connectivity index (χ1v) is 10.1. The molecule has 3 atom stereocenters. The number of carbonyl (C=O) groups is 3. The summed E-state index contributed by atoms with van der Waals surface area (Å²) in [5.41, 5.74) is 6.56. The average Bonchev–Trinajstić information content (AvgIpc) is 2.67. The third-order valence-corrected chi connectivity index (χ3v) is 6.60. The minimum atomic E-state index is -1.29. The lowest BCUT2D eigenvalue weighted by Gasteiger charge is -2.50. The number of carboxylic acids is 1. The summed E-state index contributed by atoms with van der Waals surface area (Å²) in [5, 5.41) is 13.4. The van der Waals surface area contributed by atoms with Gasteiger partial charge in [-0.15, -0.1) is 11.8 Å². The molecule has 3 N–H and O–H groups in total. The Kier molecular flexibility index (Phi) is 5.92. The number of hydrazone groups is 1. The molecular formula is C17H17ClN4O4S2. The van der Waals surface area contributed by atoms with Gasteiger partial charge in [-0.1, -0.05) is 41.9 Å². The van der Waals surface area contributed by atoms with Gasteiger partial charge in [-0.3, -0.25) is 14.5 Å². The van der Waals surface area contributed by atoms with E-state index < -0.39 is 34.4 Å². The molecule has 1 fully saturated rings. The number of thioether (sulfide) groups is 1. The molecule has 3 rings (SSSR count). The molecule has 0 radical (unpaired) electrons. The van der Waals surface area contributed by atoms with E-state index in [4.69, 9.17) is 17.3 Å². The topological polar surface area (TPSA) is 116 Å². The molecule has 0 saturated carbocycles. The van der Waals surface area contributed by atoms with Gasteiger partial charge in [-0.25, -0.2) is 9.80 Å². The lowest BCUT2D eigenvalue weighted by atomic mass is 10.0. The first-order chi connectivity index (χ1) is 13.2. The summed E-state index contributed by atoms with van der Waals surface area (Å²) in [7, 11) is 0. The number of rotatable bonds is 5. The maximum atomic E-state index is 12.7. The van der Waals surface area contributed by atoms with Crippen LogP contribution in [0.2, 0.25) is 0 Å². The van der Waals surface area contributed by atoms with Crippen molar-refractivity contribution in [3.05, 3.63) is 46.6 Å². The van der Waals surface area contributed by atoms with Gasteiger partial charge in [0.15, 0.2) is 6.04 Å². The number of halogens is 1. The number of carboxylic acid groups (broad SMARTS) is 1. The zero-order chi connectivity index (χ0) is 20.6. The number of amides is 2. The summed E-state index contributed by atoms with van der Waals surface area (Å²) in [4.78, 5) is 37.4. The number of nitrogens with two attached hydrogens (primary N) is 1. The first kappa shape index (κ1) is 20.6. The number of hydrogen-bond donors (Lipinski definition) is 3. The summed E-state index contributed by atoms with van der Waals surface area (Å²) in [6.07, 6.45) is 0. The Labute approximate surface area is 175 Å². The SMILES string of the molecule is CC(=O)N(N=C(N)C(S)c1ccccc1)C1C(=O)N2C(C(=O)O)=C(Cl)CS[C@H]12. The third kappa shape index (κ3) is 3.59. The fourth-order valence-electron chi connectivity index (χ4n) is 2.97. The lowest BCUT2D eigenvalue weighted by Crippen LogP contribution is -2.70. The van der Waals surface area contributed by atoms with Crippen LogP contribution in [0, 0.1) is 0 Å². The second-order valence-electron chi connectivity index (χ2n) is 6.11. The minimum Gasteiger partial charge on any atom is -0.477 e. The quantitative estimate of drug-likeness (QED) is 0.210. The Bertz CT molecular complexity index is 892. The average molecular weight is 441 g/mol. The van der Waals surface area contributed by atoms with Gasteiger partial charge in [-0.2, -0.15) is 17.7 Å². The van der Waals surface area contributed by atoms with Gasteiger partial charge in [0, 0.05) is 12.7 Å². The van der Waals surface area contributed by atoms with E-state index in [-0.39, 0.29) is 22.3 Å². The van der Waals surface area contributed by atoms with Crippen LogP contribution in [0.1, 0.15) is 17.7 Å². The van der Waals surface area contributed by atoms with Crippen LogP contribution in [0.4, 0.5) is 0 Å². The number of aliphatic carboxylic acids is 1. The number of hydrogen-bond acceptors (Lipinski definition) is 6. The van der Waals surface area contributed by atoms with E-state index in [0.717, 1.165) is 15.5 Å². The Balaban J connectivity index is 1.87. The highest BCUT2D eigenvalue weighted by molar-refractivity contribution is 8.00. The fourth-order valence-corrected chi connectivity index (χ4v) is 4.78. The molecule has 1 saturated heterocycles. The van der Waals surface area contributed by atoms with Crippen molar-refractivity contribution in [1.29, 1.82) is 0 Å². The molecule has 2 heterocycles. The van der Waals surface area contributed by atoms with Crippen molar-refractivity contribution in [2.45, 2.75) is 23.6 Å². The monoisotopic (exact) mass is 440 g/mol. The van der Waals surface area contributed by atoms with E-state index in [1.807, 2.05) is 30.3 Å². The van der Waals surface area contributed by atoms with Gasteiger partial charge in [0.25, 0.3) is 5.91 Å². The smallest absolute Gasteiger partial charge is 0.353 e. The van der Waals surface area contributed by atoms with Crippen LogP contribution in [-0.4, -0.2) is 55.8 Å². The summed E-state index contributed by atoms with van der Waals surface area (Å²) < 4.78 is 0. The number of carbonyl (C=O) groups excluding carboxylic acids is 2. The number of amidine groups is 1. The molecule has 0 spiro atoms. The fraction of sp³-hybridized carbons (Fsp3) is 0.294. The van der Waals surface area contributed by atoms with Crippen LogP contribution >= 0.6 is 36.0 Å². The number of nitrogens with zero attached hydrogens (tertiary/aromatic N) is 3. The van der Waals surface area contributed by atoms with Gasteiger partial charge < -0.3 is 10.8 Å². The predicted molar refractivity (Wildman–Crippen MR) is 110 cm³/mol. The Hall–Kier alpha value is -2.17. The Morgan fingerprint density at radius 3 is 2.64 bits per heavy atom. The van der Waals surface area contributed by atoms with E-state index in [1.54, 1.807) is 0 Å². The number of thiol groups is 1. The van der Waals surface area contributed by atoms with Crippen LogP contribution in [-0.2, 0) is 14.4 Å². The molecular weight excluding hydrogens is 424 g/mol. The van der Waals surface area contributed by atoms with Gasteiger partial charge in [-0.05, 0) is 5.56 Å². The molecule has 0 aromatic heterocycles. The summed E-state index contributed by atoms with van der Waals surface area (Å²) >= 11 is 11.7. The van der Waals surface area contributed by atoms with Crippen molar-refractivity contribution in [1.82, 2.24) is 9.91 Å². The normalized spacial score (nSPS) is 23.0. The zero-order valence-corrected chi connectivity index (χ0v) is 17.1. The van der Waals surface area contributed by atoms with Crippen LogP contribution in [0.5, 0.6) is 0 Å². The largest absolute Gasteiger partial charge is 0.477 e.